The van der Waals surface area contributed by atoms with E-state index in [9.17, 15) is 27.4 Å². The summed E-state index contributed by atoms with van der Waals surface area (Å²) in [6, 6.07) is 36.4. The quantitative estimate of drug-likeness (QED) is 0.0259. The van der Waals surface area contributed by atoms with Crippen molar-refractivity contribution in [3.63, 3.8) is 0 Å². The van der Waals surface area contributed by atoms with Gasteiger partial charge < -0.3 is 15.4 Å². The molecule has 1 aromatic heterocycles. The summed E-state index contributed by atoms with van der Waals surface area (Å²) in [4.78, 5) is 42.7. The van der Waals surface area contributed by atoms with Crippen molar-refractivity contribution < 1.29 is 32.1 Å². The summed E-state index contributed by atoms with van der Waals surface area (Å²) in [7, 11) is -4.11. The Morgan fingerprint density at radius 1 is 0.833 bits per heavy atom. The van der Waals surface area contributed by atoms with Gasteiger partial charge in [0.25, 0.3) is 21.9 Å². The molecule has 0 radical (unpaired) electrons. The molecule has 278 valence electrons. The van der Waals surface area contributed by atoms with Gasteiger partial charge in [0.05, 0.1) is 25.3 Å². The average Bonchev–Trinajstić information content (AvgIpc) is 3.18. The van der Waals surface area contributed by atoms with Gasteiger partial charge in [0.15, 0.2) is 0 Å². The number of carbonyl (C=O) groups is 3. The molecule has 4 N–H and O–H groups in total. The smallest absolute Gasteiger partial charge is 0.307 e. The molecule has 4 aromatic carbocycles. The number of hydrogen-bond donors (Lipinski definition) is 4. The number of hydrogen-bond acceptors (Lipinski definition) is 9. The predicted octanol–water partition coefficient (Wildman–Crippen LogP) is 4.79. The van der Waals surface area contributed by atoms with Gasteiger partial charge in [0.2, 0.25) is 0 Å². The normalized spacial score (nSPS) is 11.9. The third-order valence-electron chi connectivity index (χ3n) is 8.26. The lowest BCUT2D eigenvalue weighted by atomic mass is 10.1. The molecule has 0 aliphatic rings. The largest absolute Gasteiger partial charge is 0.469 e. The molecule has 1 atom stereocenters. The minimum atomic E-state index is -4.43. The molecule has 5 aromatic rings. The molecule has 0 saturated carbocycles. The van der Waals surface area contributed by atoms with Crippen molar-refractivity contribution in [1.82, 2.24) is 15.6 Å². The van der Waals surface area contributed by atoms with Gasteiger partial charge in [-0.25, -0.2) is 4.98 Å². The van der Waals surface area contributed by atoms with Gasteiger partial charge in [0.1, 0.15) is 10.7 Å². The van der Waals surface area contributed by atoms with Crippen LogP contribution >= 0.6 is 7.92 Å². The van der Waals surface area contributed by atoms with E-state index in [1.54, 1.807) is 6.07 Å². The van der Waals surface area contributed by atoms with Gasteiger partial charge in [-0.2, -0.15) is 13.5 Å². The van der Waals surface area contributed by atoms with Crippen LogP contribution in [-0.4, -0.2) is 61.6 Å². The Bertz CT molecular complexity index is 2130. The van der Waals surface area contributed by atoms with E-state index in [4.69, 9.17) is 4.74 Å². The summed E-state index contributed by atoms with van der Waals surface area (Å²) in [6.45, 7) is 0.406. The standard InChI is InChI=1S/C40H40N5O7PS/c1-52-38(46)26-31(44-39(47)30-23-24-37(42-27-30)45-43-28-29-14-8-11-22-36(29)54(49,50)51)15-12-13-25-41-40(48)34-20-9-10-21-35(34)53(32-16-4-2-5-17-32)33-18-6-3-7-19-33/h2-11,14,16-24,27-28,31H,12-13,15,25-26H2,1H3,(H,41,48)(H,42,45)(H,44,47)(H,49,50,51). The zero-order valence-corrected chi connectivity index (χ0v) is 31.2. The van der Waals surface area contributed by atoms with E-state index in [0.717, 1.165) is 15.9 Å². The molecule has 0 aliphatic carbocycles. The van der Waals surface area contributed by atoms with E-state index in [1.807, 2.05) is 60.7 Å². The first-order valence-electron chi connectivity index (χ1n) is 17.1. The number of nitrogens with one attached hydrogen (secondary N) is 3. The lowest BCUT2D eigenvalue weighted by Gasteiger charge is -2.22. The SMILES string of the molecule is COC(=O)CC(CCCCNC(=O)c1ccccc1P(c1ccccc1)c1ccccc1)NC(=O)c1ccc(NN=Cc2ccccc2S(=O)(=O)O)nc1. The van der Waals surface area contributed by atoms with E-state index in [2.05, 4.69) is 50.4 Å². The molecule has 0 spiro atoms. The van der Waals surface area contributed by atoms with Crippen LogP contribution in [0.3, 0.4) is 0 Å². The molecule has 1 unspecified atom stereocenters. The summed E-state index contributed by atoms with van der Waals surface area (Å²) < 4.78 is 37.4. The van der Waals surface area contributed by atoms with Gasteiger partial charge in [0, 0.05) is 29.9 Å². The van der Waals surface area contributed by atoms with Crippen molar-refractivity contribution in [2.24, 2.45) is 5.10 Å². The van der Waals surface area contributed by atoms with E-state index < -0.39 is 36.0 Å². The second-order valence-electron chi connectivity index (χ2n) is 12.0. The maximum atomic E-state index is 13.5. The zero-order valence-electron chi connectivity index (χ0n) is 29.5. The van der Waals surface area contributed by atoms with Crippen molar-refractivity contribution >= 4 is 63.8 Å². The number of hydrazone groups is 1. The molecular weight excluding hydrogens is 726 g/mol. The Morgan fingerprint density at radius 3 is 2.13 bits per heavy atom. The first-order valence-corrected chi connectivity index (χ1v) is 19.9. The number of pyridine rings is 1. The van der Waals surface area contributed by atoms with Gasteiger partial charge in [-0.3, -0.25) is 24.4 Å². The van der Waals surface area contributed by atoms with Crippen LogP contribution in [-0.2, 0) is 19.6 Å². The molecule has 5 rings (SSSR count). The van der Waals surface area contributed by atoms with Gasteiger partial charge in [-0.05, 0) is 67.4 Å². The Morgan fingerprint density at radius 2 is 1.48 bits per heavy atom. The molecule has 0 fully saturated rings. The van der Waals surface area contributed by atoms with Gasteiger partial charge in [-0.15, -0.1) is 0 Å². The van der Waals surface area contributed by atoms with Crippen LogP contribution in [0.1, 0.15) is 52.0 Å². The molecule has 14 heteroatoms. The lowest BCUT2D eigenvalue weighted by molar-refractivity contribution is -0.141. The fraction of sp³-hybridized carbons (Fsp3) is 0.175. The summed E-state index contributed by atoms with van der Waals surface area (Å²) in [5.41, 5.74) is 3.69. The fourth-order valence-corrected chi connectivity index (χ4v) is 8.73. The van der Waals surface area contributed by atoms with Crippen molar-refractivity contribution in [3.05, 3.63) is 144 Å². The third kappa shape index (κ3) is 11.1. The molecule has 1 heterocycles. The van der Waals surface area contributed by atoms with Crippen molar-refractivity contribution in [3.8, 4) is 0 Å². The Labute approximate surface area is 315 Å². The van der Waals surface area contributed by atoms with Crippen molar-refractivity contribution in [2.45, 2.75) is 36.6 Å². The van der Waals surface area contributed by atoms with Crippen LogP contribution < -0.4 is 32.0 Å². The summed E-state index contributed by atoms with van der Waals surface area (Å²) in [5.74, 6) is -0.792. The second-order valence-corrected chi connectivity index (χ2v) is 15.6. The number of methoxy groups -OCH3 is 1. The summed E-state index contributed by atoms with van der Waals surface area (Å²) in [6.07, 6.45) is 4.23. The molecule has 0 bridgehead atoms. The molecule has 2 amide bonds. The maximum absolute atomic E-state index is 13.5. The van der Waals surface area contributed by atoms with Crippen LogP contribution in [0.4, 0.5) is 5.82 Å². The van der Waals surface area contributed by atoms with Crippen molar-refractivity contribution in [1.29, 1.82) is 0 Å². The first kappa shape index (κ1) is 39.5. The summed E-state index contributed by atoms with van der Waals surface area (Å²) >= 11 is 0. The monoisotopic (exact) mass is 765 g/mol. The predicted molar refractivity (Wildman–Crippen MR) is 211 cm³/mol. The number of rotatable bonds is 17. The number of benzene rings is 4. The molecule has 0 aliphatic heterocycles. The summed E-state index contributed by atoms with van der Waals surface area (Å²) in [5, 5.41) is 13.2. The highest BCUT2D eigenvalue weighted by Gasteiger charge is 2.23. The zero-order chi connectivity index (χ0) is 38.3. The van der Waals surface area contributed by atoms with Crippen molar-refractivity contribution in [2.75, 3.05) is 19.1 Å². The molecule has 12 nitrogen and oxygen atoms in total. The minimum Gasteiger partial charge on any atom is -0.469 e. The topological polar surface area (TPSA) is 176 Å². The van der Waals surface area contributed by atoms with Gasteiger partial charge >= 0.3 is 5.97 Å². The van der Waals surface area contributed by atoms with Crippen LogP contribution in [0.15, 0.2) is 138 Å². The second kappa shape index (κ2) is 19.4. The van der Waals surface area contributed by atoms with Crippen LogP contribution in [0.2, 0.25) is 0 Å². The first-order chi connectivity index (χ1) is 26.1. The number of aromatic nitrogens is 1. The van der Waals surface area contributed by atoms with E-state index in [0.29, 0.717) is 31.4 Å². The maximum Gasteiger partial charge on any atom is 0.307 e. The number of anilines is 1. The molecule has 0 saturated heterocycles. The van der Waals surface area contributed by atoms with Crippen LogP contribution in [0.25, 0.3) is 0 Å². The van der Waals surface area contributed by atoms with E-state index >= 15 is 0 Å². The lowest BCUT2D eigenvalue weighted by Crippen LogP contribution is -2.37. The number of unbranched alkanes of at least 4 members (excludes halogenated alkanes) is 1. The highest BCUT2D eigenvalue weighted by Crippen LogP contribution is 2.34. The fourth-order valence-electron chi connectivity index (χ4n) is 5.62. The number of amides is 2. The average molecular weight is 766 g/mol. The minimum absolute atomic E-state index is 0.0304. The number of esters is 1. The third-order valence-corrected chi connectivity index (χ3v) is 11.7. The van der Waals surface area contributed by atoms with Gasteiger partial charge in [-0.1, -0.05) is 97.1 Å². The number of ether oxygens (including phenoxy) is 1. The Hall–Kier alpha value is -5.75. The highest BCUT2D eigenvalue weighted by molar-refractivity contribution is 7.86. The van der Waals surface area contributed by atoms with Crippen LogP contribution in [0, 0.1) is 0 Å². The number of nitrogens with zero attached hydrogens (tertiary/aromatic N) is 2. The Balaban J connectivity index is 1.15. The van der Waals surface area contributed by atoms with E-state index in [1.165, 1.54) is 49.9 Å². The van der Waals surface area contributed by atoms with E-state index in [-0.39, 0.29) is 34.2 Å². The number of carbonyl (C=O) groups excluding carboxylic acids is 3. The van der Waals surface area contributed by atoms with Crippen LogP contribution in [0.5, 0.6) is 0 Å². The highest BCUT2D eigenvalue weighted by atomic mass is 32.2. The Kier molecular flexibility index (Phi) is 14.1. The molecular formula is C40H40N5O7PS. The molecule has 54 heavy (non-hydrogen) atoms.